The van der Waals surface area contributed by atoms with Crippen LogP contribution in [0.25, 0.3) is 0 Å². The molecule has 0 aliphatic rings. The predicted molar refractivity (Wildman–Crippen MR) is 114 cm³/mol. The van der Waals surface area contributed by atoms with E-state index in [1.165, 1.54) is 22.4 Å². The number of aryl methyl sites for hydroxylation is 1. The molecule has 0 spiro atoms. The number of benzene rings is 2. The SMILES string of the molecule is CCN(C(=O)Cn1c(SCc2ccccc2)nc(C)cc1=O)c1ccccc1. The molecule has 28 heavy (non-hydrogen) atoms. The third kappa shape index (κ3) is 4.89. The van der Waals surface area contributed by atoms with Crippen LogP contribution in [0.2, 0.25) is 0 Å². The molecule has 0 N–H and O–H groups in total. The summed E-state index contributed by atoms with van der Waals surface area (Å²) in [6, 6.07) is 21.0. The van der Waals surface area contributed by atoms with Gasteiger partial charge in [0.1, 0.15) is 6.54 Å². The third-order valence-electron chi connectivity index (χ3n) is 4.29. The van der Waals surface area contributed by atoms with E-state index in [1.807, 2.05) is 67.6 Å². The van der Waals surface area contributed by atoms with Gasteiger partial charge in [-0.1, -0.05) is 60.3 Å². The minimum absolute atomic E-state index is 0.0357. The van der Waals surface area contributed by atoms with Gasteiger partial charge in [-0.3, -0.25) is 14.2 Å². The first-order chi connectivity index (χ1) is 13.6. The molecule has 0 saturated heterocycles. The number of hydrogen-bond donors (Lipinski definition) is 0. The smallest absolute Gasteiger partial charge is 0.254 e. The standard InChI is InChI=1S/C22H23N3O2S/c1-3-24(19-12-8-5-9-13-19)21(27)15-25-20(26)14-17(2)23-22(25)28-16-18-10-6-4-7-11-18/h4-14H,3,15-16H2,1-2H3. The van der Waals surface area contributed by atoms with Gasteiger partial charge in [-0.25, -0.2) is 4.98 Å². The van der Waals surface area contributed by atoms with Crippen LogP contribution in [0.3, 0.4) is 0 Å². The van der Waals surface area contributed by atoms with Crippen molar-refractivity contribution in [3.63, 3.8) is 0 Å². The summed E-state index contributed by atoms with van der Waals surface area (Å²) >= 11 is 1.47. The van der Waals surface area contributed by atoms with Crippen LogP contribution < -0.4 is 10.5 Å². The average Bonchev–Trinajstić information content (AvgIpc) is 2.71. The van der Waals surface area contributed by atoms with E-state index in [1.54, 1.807) is 11.8 Å². The Morgan fingerprint density at radius 3 is 2.36 bits per heavy atom. The molecule has 0 bridgehead atoms. The number of anilines is 1. The lowest BCUT2D eigenvalue weighted by molar-refractivity contribution is -0.119. The summed E-state index contributed by atoms with van der Waals surface area (Å²) in [5.74, 6) is 0.546. The van der Waals surface area contributed by atoms with Crippen LogP contribution in [0.4, 0.5) is 5.69 Å². The van der Waals surface area contributed by atoms with Gasteiger partial charge in [-0.05, 0) is 31.5 Å². The van der Waals surface area contributed by atoms with E-state index in [-0.39, 0.29) is 18.0 Å². The van der Waals surface area contributed by atoms with Crippen LogP contribution >= 0.6 is 11.8 Å². The predicted octanol–water partition coefficient (Wildman–Crippen LogP) is 3.90. The molecule has 0 aliphatic heterocycles. The minimum atomic E-state index is -0.208. The zero-order chi connectivity index (χ0) is 19.9. The lowest BCUT2D eigenvalue weighted by Crippen LogP contribution is -2.37. The minimum Gasteiger partial charge on any atom is -0.311 e. The van der Waals surface area contributed by atoms with Crippen LogP contribution in [-0.4, -0.2) is 22.0 Å². The monoisotopic (exact) mass is 393 g/mol. The molecule has 0 aliphatic carbocycles. The Bertz CT molecular complexity index is 988. The number of likely N-dealkylation sites (N-methyl/N-ethyl adjacent to an activating group) is 1. The van der Waals surface area contributed by atoms with Crippen molar-refractivity contribution in [2.45, 2.75) is 31.3 Å². The van der Waals surface area contributed by atoms with Crippen LogP contribution in [0, 0.1) is 6.92 Å². The van der Waals surface area contributed by atoms with Gasteiger partial charge in [0.25, 0.3) is 5.56 Å². The van der Waals surface area contributed by atoms with Crippen molar-refractivity contribution in [3.8, 4) is 0 Å². The number of amides is 1. The molecule has 2 aromatic carbocycles. The van der Waals surface area contributed by atoms with E-state index in [0.717, 1.165) is 11.3 Å². The van der Waals surface area contributed by atoms with Gasteiger partial charge in [-0.15, -0.1) is 0 Å². The quantitative estimate of drug-likeness (QED) is 0.451. The molecule has 0 unspecified atom stereocenters. The molecule has 3 rings (SSSR count). The Morgan fingerprint density at radius 2 is 1.71 bits per heavy atom. The molecular weight excluding hydrogens is 370 g/mol. The van der Waals surface area contributed by atoms with Crippen molar-refractivity contribution in [2.75, 3.05) is 11.4 Å². The fourth-order valence-corrected chi connectivity index (χ4v) is 3.91. The Morgan fingerprint density at radius 1 is 1.07 bits per heavy atom. The largest absolute Gasteiger partial charge is 0.311 e. The summed E-state index contributed by atoms with van der Waals surface area (Å²) in [6.07, 6.45) is 0. The fourth-order valence-electron chi connectivity index (χ4n) is 2.90. The summed E-state index contributed by atoms with van der Waals surface area (Å²) in [5, 5.41) is 0.561. The van der Waals surface area contributed by atoms with Gasteiger partial charge in [0.05, 0.1) is 0 Å². The number of thioether (sulfide) groups is 1. The molecule has 0 atom stereocenters. The molecule has 5 nitrogen and oxygen atoms in total. The normalized spacial score (nSPS) is 10.6. The first-order valence-electron chi connectivity index (χ1n) is 9.19. The number of aromatic nitrogens is 2. The average molecular weight is 394 g/mol. The third-order valence-corrected chi connectivity index (χ3v) is 5.34. The van der Waals surface area contributed by atoms with E-state index in [4.69, 9.17) is 0 Å². The second-order valence-corrected chi connectivity index (χ2v) is 7.29. The Hall–Kier alpha value is -2.86. The second-order valence-electron chi connectivity index (χ2n) is 6.35. The molecular formula is C22H23N3O2S. The van der Waals surface area contributed by atoms with Crippen LogP contribution in [0.1, 0.15) is 18.2 Å². The molecule has 0 radical (unpaired) electrons. The second kappa shape index (κ2) is 9.37. The zero-order valence-corrected chi connectivity index (χ0v) is 16.9. The van der Waals surface area contributed by atoms with Crippen molar-refractivity contribution in [2.24, 2.45) is 0 Å². The van der Waals surface area contributed by atoms with Crippen molar-refractivity contribution >= 4 is 23.4 Å². The van der Waals surface area contributed by atoms with Crippen LogP contribution in [0.5, 0.6) is 0 Å². The molecule has 1 amide bonds. The highest BCUT2D eigenvalue weighted by Crippen LogP contribution is 2.21. The molecule has 1 aromatic heterocycles. The molecule has 3 aromatic rings. The number of carbonyl (C=O) groups excluding carboxylic acids is 1. The molecule has 0 fully saturated rings. The highest BCUT2D eigenvalue weighted by molar-refractivity contribution is 7.98. The van der Waals surface area contributed by atoms with E-state index >= 15 is 0 Å². The highest BCUT2D eigenvalue weighted by atomic mass is 32.2. The maximum Gasteiger partial charge on any atom is 0.254 e. The molecule has 6 heteroatoms. The van der Waals surface area contributed by atoms with Gasteiger partial charge in [0.2, 0.25) is 5.91 Å². The molecule has 1 heterocycles. The van der Waals surface area contributed by atoms with Crippen molar-refractivity contribution in [1.82, 2.24) is 9.55 Å². The Kier molecular flexibility index (Phi) is 6.66. The van der Waals surface area contributed by atoms with Gasteiger partial charge in [-0.2, -0.15) is 0 Å². The zero-order valence-electron chi connectivity index (χ0n) is 16.0. The first-order valence-corrected chi connectivity index (χ1v) is 10.2. The number of rotatable bonds is 7. The first kappa shape index (κ1) is 19.9. The van der Waals surface area contributed by atoms with E-state index < -0.39 is 0 Å². The maximum atomic E-state index is 12.9. The highest BCUT2D eigenvalue weighted by Gasteiger charge is 2.18. The summed E-state index contributed by atoms with van der Waals surface area (Å²) in [4.78, 5) is 31.7. The van der Waals surface area contributed by atoms with Gasteiger partial charge < -0.3 is 4.90 Å². The molecule has 144 valence electrons. The van der Waals surface area contributed by atoms with Gasteiger partial charge in [0.15, 0.2) is 5.16 Å². The Balaban J connectivity index is 1.84. The van der Waals surface area contributed by atoms with Gasteiger partial charge >= 0.3 is 0 Å². The fraction of sp³-hybridized carbons (Fsp3) is 0.227. The van der Waals surface area contributed by atoms with E-state index in [9.17, 15) is 9.59 Å². The number of nitrogens with zero attached hydrogens (tertiary/aromatic N) is 3. The number of carbonyl (C=O) groups is 1. The van der Waals surface area contributed by atoms with Crippen molar-refractivity contribution in [3.05, 3.63) is 88.3 Å². The van der Waals surface area contributed by atoms with Crippen molar-refractivity contribution in [1.29, 1.82) is 0 Å². The summed E-state index contributed by atoms with van der Waals surface area (Å²) in [7, 11) is 0. The summed E-state index contributed by atoms with van der Waals surface area (Å²) < 4.78 is 1.47. The Labute approximate surface area is 169 Å². The van der Waals surface area contributed by atoms with E-state index in [0.29, 0.717) is 23.1 Å². The summed E-state index contributed by atoms with van der Waals surface area (Å²) in [5.41, 5.74) is 2.41. The summed E-state index contributed by atoms with van der Waals surface area (Å²) in [6.45, 7) is 4.21. The maximum absolute atomic E-state index is 12.9. The number of para-hydroxylation sites is 1. The number of hydrogen-bond acceptors (Lipinski definition) is 4. The van der Waals surface area contributed by atoms with Crippen LogP contribution in [0.15, 0.2) is 76.7 Å². The van der Waals surface area contributed by atoms with Crippen molar-refractivity contribution < 1.29 is 4.79 Å². The topological polar surface area (TPSA) is 55.2 Å². The van der Waals surface area contributed by atoms with Crippen LogP contribution in [-0.2, 0) is 17.1 Å². The lowest BCUT2D eigenvalue weighted by atomic mass is 10.2. The molecule has 0 saturated carbocycles. The van der Waals surface area contributed by atoms with E-state index in [2.05, 4.69) is 4.98 Å². The van der Waals surface area contributed by atoms with Gasteiger partial charge in [0, 0.05) is 29.7 Å². The lowest BCUT2D eigenvalue weighted by Gasteiger charge is -2.22.